The summed E-state index contributed by atoms with van der Waals surface area (Å²) in [5.74, 6) is -0.905. The van der Waals surface area contributed by atoms with Gasteiger partial charge in [-0.1, -0.05) is 35.9 Å². The zero-order valence-corrected chi connectivity index (χ0v) is 15.9. The second kappa shape index (κ2) is 7.58. The maximum atomic E-state index is 12.5. The Morgan fingerprint density at radius 2 is 1.67 bits per heavy atom. The summed E-state index contributed by atoms with van der Waals surface area (Å²) >= 11 is 0. The van der Waals surface area contributed by atoms with Crippen LogP contribution in [-0.2, 0) is 9.53 Å². The number of anilines is 1. The van der Waals surface area contributed by atoms with Crippen molar-refractivity contribution in [3.63, 3.8) is 0 Å². The van der Waals surface area contributed by atoms with Gasteiger partial charge < -0.3 is 10.1 Å². The number of nitrogens with zero attached hydrogens (tertiary/aromatic N) is 1. The van der Waals surface area contributed by atoms with E-state index in [-0.39, 0.29) is 12.5 Å². The number of ether oxygens (including phenoxy) is 1. The standard InChI is InChI=1S/C22H22N2O3/c1-13-9-14(2)21(15(3)10-13)24-20(25)12-27-22(26)18-11-16(4)23-19-8-6-5-7-17(18)19/h5-11H,12H2,1-4H3,(H,24,25). The van der Waals surface area contributed by atoms with Crippen LogP contribution < -0.4 is 5.32 Å². The summed E-state index contributed by atoms with van der Waals surface area (Å²) in [5.41, 5.74) is 5.69. The number of fused-ring (bicyclic) bond motifs is 1. The molecule has 0 saturated heterocycles. The van der Waals surface area contributed by atoms with Gasteiger partial charge in [0.15, 0.2) is 6.61 Å². The summed E-state index contributed by atoms with van der Waals surface area (Å²) in [4.78, 5) is 29.2. The summed E-state index contributed by atoms with van der Waals surface area (Å²) in [7, 11) is 0. The molecule has 3 rings (SSSR count). The van der Waals surface area contributed by atoms with Gasteiger partial charge in [-0.15, -0.1) is 0 Å². The predicted molar refractivity (Wildman–Crippen MR) is 106 cm³/mol. The van der Waals surface area contributed by atoms with Crippen LogP contribution in [0, 0.1) is 27.7 Å². The first-order valence-electron chi connectivity index (χ1n) is 8.76. The Morgan fingerprint density at radius 1 is 1.00 bits per heavy atom. The van der Waals surface area contributed by atoms with Gasteiger partial charge in [-0.05, 0) is 51.0 Å². The number of hydrogen-bond donors (Lipinski definition) is 1. The maximum absolute atomic E-state index is 12.5. The third-order valence-electron chi connectivity index (χ3n) is 4.34. The van der Waals surface area contributed by atoms with E-state index in [1.165, 1.54) is 0 Å². The SMILES string of the molecule is Cc1cc(C)c(NC(=O)COC(=O)c2cc(C)nc3ccccc23)c(C)c1. The van der Waals surface area contributed by atoms with E-state index in [4.69, 9.17) is 4.74 Å². The Hall–Kier alpha value is -3.21. The lowest BCUT2D eigenvalue weighted by molar-refractivity contribution is -0.119. The highest BCUT2D eigenvalue weighted by Crippen LogP contribution is 2.22. The molecule has 3 aromatic rings. The van der Waals surface area contributed by atoms with E-state index in [0.717, 1.165) is 33.6 Å². The van der Waals surface area contributed by atoms with Crippen molar-refractivity contribution in [3.8, 4) is 0 Å². The number of nitrogens with one attached hydrogen (secondary N) is 1. The van der Waals surface area contributed by atoms with Crippen molar-refractivity contribution in [1.29, 1.82) is 0 Å². The largest absolute Gasteiger partial charge is 0.452 e. The van der Waals surface area contributed by atoms with Crippen LogP contribution >= 0.6 is 0 Å². The molecule has 0 aliphatic rings. The Balaban J connectivity index is 1.72. The van der Waals surface area contributed by atoms with Crippen molar-refractivity contribution in [2.75, 3.05) is 11.9 Å². The molecule has 5 nitrogen and oxygen atoms in total. The van der Waals surface area contributed by atoms with Gasteiger partial charge in [0, 0.05) is 16.8 Å². The van der Waals surface area contributed by atoms with Crippen molar-refractivity contribution in [1.82, 2.24) is 4.98 Å². The molecule has 1 aromatic heterocycles. The van der Waals surface area contributed by atoms with E-state index in [2.05, 4.69) is 10.3 Å². The number of benzene rings is 2. The molecule has 138 valence electrons. The molecule has 1 N–H and O–H groups in total. The average Bonchev–Trinajstić information content (AvgIpc) is 2.62. The molecule has 0 saturated carbocycles. The quantitative estimate of drug-likeness (QED) is 0.704. The summed E-state index contributed by atoms with van der Waals surface area (Å²) < 4.78 is 5.25. The second-order valence-corrected chi connectivity index (χ2v) is 6.73. The number of rotatable bonds is 4. The minimum absolute atomic E-state index is 0.346. The fourth-order valence-corrected chi connectivity index (χ4v) is 3.24. The van der Waals surface area contributed by atoms with Crippen LogP contribution in [0.15, 0.2) is 42.5 Å². The topological polar surface area (TPSA) is 68.3 Å². The summed E-state index contributed by atoms with van der Waals surface area (Å²) in [6, 6.07) is 13.0. The molecule has 0 aliphatic carbocycles. The molecule has 5 heteroatoms. The molecule has 0 bridgehead atoms. The third-order valence-corrected chi connectivity index (χ3v) is 4.34. The van der Waals surface area contributed by atoms with Crippen molar-refractivity contribution in [2.45, 2.75) is 27.7 Å². The van der Waals surface area contributed by atoms with E-state index in [9.17, 15) is 9.59 Å². The molecule has 0 fully saturated rings. The number of aromatic nitrogens is 1. The molecule has 1 amide bonds. The lowest BCUT2D eigenvalue weighted by atomic mass is 10.1. The van der Waals surface area contributed by atoms with E-state index >= 15 is 0 Å². The Bertz CT molecular complexity index is 1020. The molecule has 0 atom stereocenters. The van der Waals surface area contributed by atoms with Gasteiger partial charge in [-0.2, -0.15) is 0 Å². The minimum atomic E-state index is -0.538. The smallest absolute Gasteiger partial charge is 0.339 e. The van der Waals surface area contributed by atoms with Crippen LogP contribution in [0.2, 0.25) is 0 Å². The van der Waals surface area contributed by atoms with Crippen molar-refractivity contribution >= 4 is 28.5 Å². The van der Waals surface area contributed by atoms with Crippen LogP contribution in [0.5, 0.6) is 0 Å². The van der Waals surface area contributed by atoms with Gasteiger partial charge in [0.2, 0.25) is 0 Å². The number of hydrogen-bond acceptors (Lipinski definition) is 4. The first-order valence-corrected chi connectivity index (χ1v) is 8.76. The highest BCUT2D eigenvalue weighted by molar-refractivity contribution is 6.04. The fourth-order valence-electron chi connectivity index (χ4n) is 3.24. The molecule has 0 radical (unpaired) electrons. The highest BCUT2D eigenvalue weighted by Gasteiger charge is 2.16. The maximum Gasteiger partial charge on any atom is 0.339 e. The van der Waals surface area contributed by atoms with E-state index in [1.807, 2.05) is 64.1 Å². The Labute approximate surface area is 158 Å². The van der Waals surface area contributed by atoms with Crippen molar-refractivity contribution in [3.05, 3.63) is 70.4 Å². The molecule has 0 spiro atoms. The monoisotopic (exact) mass is 362 g/mol. The molecular formula is C22H22N2O3. The van der Waals surface area contributed by atoms with Gasteiger partial charge in [0.05, 0.1) is 11.1 Å². The zero-order valence-electron chi connectivity index (χ0n) is 15.9. The fraction of sp³-hybridized carbons (Fsp3) is 0.227. The number of para-hydroxylation sites is 1. The predicted octanol–water partition coefficient (Wildman–Crippen LogP) is 4.26. The second-order valence-electron chi connectivity index (χ2n) is 6.73. The van der Waals surface area contributed by atoms with Gasteiger partial charge in [0.1, 0.15) is 0 Å². The molecule has 1 heterocycles. The van der Waals surface area contributed by atoms with Gasteiger partial charge in [-0.3, -0.25) is 9.78 Å². The van der Waals surface area contributed by atoms with Gasteiger partial charge in [0.25, 0.3) is 5.91 Å². The minimum Gasteiger partial charge on any atom is -0.452 e. The highest BCUT2D eigenvalue weighted by atomic mass is 16.5. The first-order chi connectivity index (χ1) is 12.8. The zero-order chi connectivity index (χ0) is 19.6. The molecule has 27 heavy (non-hydrogen) atoms. The van der Waals surface area contributed by atoms with Crippen LogP contribution in [-0.4, -0.2) is 23.5 Å². The molecular weight excluding hydrogens is 340 g/mol. The molecule has 2 aromatic carbocycles. The first kappa shape index (κ1) is 18.6. The lowest BCUT2D eigenvalue weighted by Gasteiger charge is -2.13. The van der Waals surface area contributed by atoms with Gasteiger partial charge >= 0.3 is 5.97 Å². The van der Waals surface area contributed by atoms with Crippen LogP contribution in [0.3, 0.4) is 0 Å². The molecule has 0 aliphatic heterocycles. The van der Waals surface area contributed by atoms with Crippen LogP contribution in [0.1, 0.15) is 32.7 Å². The third kappa shape index (κ3) is 4.14. The normalized spacial score (nSPS) is 10.7. The van der Waals surface area contributed by atoms with Crippen LogP contribution in [0.4, 0.5) is 5.69 Å². The lowest BCUT2D eigenvalue weighted by Crippen LogP contribution is -2.22. The van der Waals surface area contributed by atoms with Crippen molar-refractivity contribution < 1.29 is 14.3 Å². The summed E-state index contributed by atoms with van der Waals surface area (Å²) in [5, 5.41) is 3.54. The number of amides is 1. The summed E-state index contributed by atoms with van der Waals surface area (Å²) in [6.45, 7) is 7.36. The Morgan fingerprint density at radius 3 is 2.37 bits per heavy atom. The molecule has 0 unspecified atom stereocenters. The number of carbonyl (C=O) groups excluding carboxylic acids is 2. The van der Waals surface area contributed by atoms with Crippen LogP contribution in [0.25, 0.3) is 10.9 Å². The van der Waals surface area contributed by atoms with E-state index < -0.39 is 5.97 Å². The van der Waals surface area contributed by atoms with E-state index in [1.54, 1.807) is 6.07 Å². The summed E-state index contributed by atoms with van der Waals surface area (Å²) in [6.07, 6.45) is 0. The number of pyridine rings is 1. The Kier molecular flexibility index (Phi) is 5.21. The number of aryl methyl sites for hydroxylation is 4. The number of carbonyl (C=O) groups is 2. The average molecular weight is 362 g/mol. The van der Waals surface area contributed by atoms with Crippen molar-refractivity contribution in [2.24, 2.45) is 0 Å². The number of esters is 1. The van der Waals surface area contributed by atoms with Gasteiger partial charge in [-0.25, -0.2) is 4.79 Å². The van der Waals surface area contributed by atoms with E-state index in [0.29, 0.717) is 10.9 Å².